The number of likely N-dealkylation sites (tertiary alicyclic amines) is 1. The number of carbonyl (C=O) groups is 1. The largest absolute Gasteiger partial charge is 0.494 e. The molecule has 1 saturated heterocycles. The molecule has 0 spiro atoms. The summed E-state index contributed by atoms with van der Waals surface area (Å²) in [5.41, 5.74) is -0.0125. The van der Waals surface area contributed by atoms with Gasteiger partial charge in [0, 0.05) is 25.4 Å². The Hall–Kier alpha value is -1.59. The molecule has 2 rings (SSSR count). The zero-order valence-corrected chi connectivity index (χ0v) is 19.5. The second-order valence-corrected chi connectivity index (χ2v) is 8.85. The Bertz CT molecular complexity index is 619. The van der Waals surface area contributed by atoms with Gasteiger partial charge in [-0.15, -0.1) is 0 Å². The average molecular weight is 419 g/mol. The van der Waals surface area contributed by atoms with Crippen LogP contribution in [0, 0.1) is 5.92 Å². The van der Waals surface area contributed by atoms with E-state index in [1.165, 1.54) is 25.9 Å². The number of anilines is 1. The number of carbonyl (C=O) groups excluding carboxylic acids is 1. The third-order valence-corrected chi connectivity index (χ3v) is 5.94. The molecule has 1 fully saturated rings. The van der Waals surface area contributed by atoms with E-state index in [4.69, 9.17) is 9.47 Å². The lowest BCUT2D eigenvalue weighted by Gasteiger charge is -2.30. The quantitative estimate of drug-likeness (QED) is 0.430. The molecule has 1 aliphatic rings. The summed E-state index contributed by atoms with van der Waals surface area (Å²) in [6, 6.07) is 7.65. The van der Waals surface area contributed by atoms with Gasteiger partial charge < -0.3 is 19.7 Å². The van der Waals surface area contributed by atoms with Crippen LogP contribution < -0.4 is 10.1 Å². The molecular weight excluding hydrogens is 376 g/mol. The van der Waals surface area contributed by atoms with Crippen LogP contribution in [-0.4, -0.2) is 49.3 Å². The van der Waals surface area contributed by atoms with Gasteiger partial charge in [0.2, 0.25) is 0 Å². The Kier molecular flexibility index (Phi) is 10.7. The van der Waals surface area contributed by atoms with Crippen molar-refractivity contribution in [3.63, 3.8) is 0 Å². The first-order chi connectivity index (χ1) is 14.5. The Balaban J connectivity index is 1.76. The Morgan fingerprint density at radius 2 is 1.97 bits per heavy atom. The van der Waals surface area contributed by atoms with Gasteiger partial charge in [-0.1, -0.05) is 33.1 Å². The second kappa shape index (κ2) is 13.0. The maximum atomic E-state index is 12.8. The van der Waals surface area contributed by atoms with Gasteiger partial charge in [0.1, 0.15) is 11.4 Å². The van der Waals surface area contributed by atoms with E-state index in [9.17, 15) is 4.79 Å². The summed E-state index contributed by atoms with van der Waals surface area (Å²) >= 11 is 0. The van der Waals surface area contributed by atoms with Gasteiger partial charge in [0.05, 0.1) is 6.61 Å². The van der Waals surface area contributed by atoms with Gasteiger partial charge in [-0.2, -0.15) is 0 Å². The van der Waals surface area contributed by atoms with E-state index in [0.717, 1.165) is 62.6 Å². The van der Waals surface area contributed by atoms with Crippen molar-refractivity contribution in [3.8, 4) is 5.75 Å². The average Bonchev–Trinajstić information content (AvgIpc) is 2.73. The normalized spacial score (nSPS) is 19.3. The van der Waals surface area contributed by atoms with Crippen LogP contribution in [-0.2, 0) is 9.53 Å². The van der Waals surface area contributed by atoms with Crippen molar-refractivity contribution in [2.75, 3.05) is 38.2 Å². The molecule has 1 aliphatic heterocycles. The minimum Gasteiger partial charge on any atom is -0.494 e. The molecule has 5 heteroatoms. The predicted octanol–water partition coefficient (Wildman–Crippen LogP) is 5.50. The van der Waals surface area contributed by atoms with E-state index in [1.54, 1.807) is 0 Å². The molecule has 30 heavy (non-hydrogen) atoms. The van der Waals surface area contributed by atoms with Crippen LogP contribution in [0.1, 0.15) is 72.6 Å². The summed E-state index contributed by atoms with van der Waals surface area (Å²) in [6.07, 6.45) is 7.67. The van der Waals surface area contributed by atoms with Crippen LogP contribution >= 0.6 is 0 Å². The standard InChI is InChI=1S/C25H42N2O3/c1-5-7-8-16-25(4,30-6-2)24(28)26-22-12-14-23(15-13-22)29-19-10-18-27-17-9-11-21(3)20-27/h12-15,21H,5-11,16-20H2,1-4H3,(H,26,28)/t21-,25+/m0/s1. The van der Waals surface area contributed by atoms with E-state index in [2.05, 4.69) is 24.1 Å². The molecule has 5 nitrogen and oxygen atoms in total. The summed E-state index contributed by atoms with van der Waals surface area (Å²) < 4.78 is 11.7. The molecule has 0 unspecified atom stereocenters. The molecule has 0 bridgehead atoms. The van der Waals surface area contributed by atoms with Crippen molar-refractivity contribution in [2.45, 2.75) is 78.2 Å². The van der Waals surface area contributed by atoms with Gasteiger partial charge in [-0.25, -0.2) is 0 Å². The predicted molar refractivity (Wildman–Crippen MR) is 124 cm³/mol. The molecular formula is C25H42N2O3. The SMILES string of the molecule is CCCCC[C@@](C)(OCC)C(=O)Nc1ccc(OCCCN2CCC[C@H](C)C2)cc1. The summed E-state index contributed by atoms with van der Waals surface area (Å²) in [7, 11) is 0. The fourth-order valence-electron chi connectivity index (χ4n) is 4.15. The highest BCUT2D eigenvalue weighted by atomic mass is 16.5. The molecule has 0 aliphatic carbocycles. The van der Waals surface area contributed by atoms with Gasteiger partial charge in [0.15, 0.2) is 0 Å². The van der Waals surface area contributed by atoms with E-state index in [-0.39, 0.29) is 5.91 Å². The van der Waals surface area contributed by atoms with Crippen molar-refractivity contribution in [1.82, 2.24) is 4.90 Å². The first kappa shape index (κ1) is 24.7. The van der Waals surface area contributed by atoms with E-state index in [0.29, 0.717) is 6.61 Å². The van der Waals surface area contributed by atoms with Crippen LogP contribution in [0.4, 0.5) is 5.69 Å². The van der Waals surface area contributed by atoms with Crippen molar-refractivity contribution in [1.29, 1.82) is 0 Å². The lowest BCUT2D eigenvalue weighted by molar-refractivity contribution is -0.139. The molecule has 2 atom stereocenters. The first-order valence-corrected chi connectivity index (χ1v) is 11.9. The number of benzene rings is 1. The second-order valence-electron chi connectivity index (χ2n) is 8.85. The van der Waals surface area contributed by atoms with Crippen LogP contribution in [0.25, 0.3) is 0 Å². The molecule has 0 aromatic heterocycles. The molecule has 1 aromatic carbocycles. The van der Waals surface area contributed by atoms with Gasteiger partial charge in [-0.3, -0.25) is 4.79 Å². The van der Waals surface area contributed by atoms with Crippen LogP contribution in [0.2, 0.25) is 0 Å². The highest BCUT2D eigenvalue weighted by Gasteiger charge is 2.33. The molecule has 1 amide bonds. The lowest BCUT2D eigenvalue weighted by atomic mass is 9.96. The van der Waals surface area contributed by atoms with E-state index in [1.807, 2.05) is 38.1 Å². The maximum absolute atomic E-state index is 12.8. The number of amides is 1. The lowest BCUT2D eigenvalue weighted by Crippen LogP contribution is -2.42. The third-order valence-electron chi connectivity index (χ3n) is 5.94. The molecule has 170 valence electrons. The van der Waals surface area contributed by atoms with Crippen LogP contribution in [0.5, 0.6) is 5.75 Å². The number of nitrogens with one attached hydrogen (secondary N) is 1. The molecule has 1 heterocycles. The number of nitrogens with zero attached hydrogens (tertiary/aromatic N) is 1. The fraction of sp³-hybridized carbons (Fsp3) is 0.720. The highest BCUT2D eigenvalue weighted by Crippen LogP contribution is 2.23. The smallest absolute Gasteiger partial charge is 0.256 e. The molecule has 1 aromatic rings. The Labute approximate surface area is 183 Å². The third kappa shape index (κ3) is 8.27. The van der Waals surface area contributed by atoms with E-state index < -0.39 is 5.60 Å². The number of piperidine rings is 1. The molecule has 0 radical (unpaired) electrons. The maximum Gasteiger partial charge on any atom is 0.256 e. The fourth-order valence-corrected chi connectivity index (χ4v) is 4.15. The Morgan fingerprint density at radius 3 is 2.63 bits per heavy atom. The number of rotatable bonds is 13. The van der Waals surface area contributed by atoms with Crippen molar-refractivity contribution in [3.05, 3.63) is 24.3 Å². The van der Waals surface area contributed by atoms with Crippen LogP contribution in [0.15, 0.2) is 24.3 Å². The molecule has 0 saturated carbocycles. The monoisotopic (exact) mass is 418 g/mol. The van der Waals surface area contributed by atoms with Gasteiger partial charge in [-0.05, 0) is 76.3 Å². The zero-order valence-electron chi connectivity index (χ0n) is 19.5. The first-order valence-electron chi connectivity index (χ1n) is 11.9. The Morgan fingerprint density at radius 1 is 1.20 bits per heavy atom. The van der Waals surface area contributed by atoms with Crippen LogP contribution in [0.3, 0.4) is 0 Å². The van der Waals surface area contributed by atoms with E-state index >= 15 is 0 Å². The number of unbranched alkanes of at least 4 members (excludes halogenated alkanes) is 2. The molecule has 1 N–H and O–H groups in total. The topological polar surface area (TPSA) is 50.8 Å². The summed E-state index contributed by atoms with van der Waals surface area (Å²) in [6.45, 7) is 13.1. The number of hydrogen-bond donors (Lipinski definition) is 1. The minimum absolute atomic E-state index is 0.0788. The van der Waals surface area contributed by atoms with Crippen molar-refractivity contribution >= 4 is 11.6 Å². The zero-order chi connectivity index (χ0) is 21.8. The minimum atomic E-state index is -0.787. The summed E-state index contributed by atoms with van der Waals surface area (Å²) in [5.74, 6) is 1.58. The number of ether oxygens (including phenoxy) is 2. The van der Waals surface area contributed by atoms with Gasteiger partial charge >= 0.3 is 0 Å². The summed E-state index contributed by atoms with van der Waals surface area (Å²) in [5, 5.41) is 3.01. The summed E-state index contributed by atoms with van der Waals surface area (Å²) in [4.78, 5) is 15.4. The van der Waals surface area contributed by atoms with Crippen molar-refractivity contribution in [2.24, 2.45) is 5.92 Å². The van der Waals surface area contributed by atoms with Crippen molar-refractivity contribution < 1.29 is 14.3 Å². The van der Waals surface area contributed by atoms with Gasteiger partial charge in [0.25, 0.3) is 5.91 Å². The number of hydrogen-bond acceptors (Lipinski definition) is 4. The highest BCUT2D eigenvalue weighted by molar-refractivity contribution is 5.97.